The van der Waals surface area contributed by atoms with E-state index >= 15 is 0 Å². The Morgan fingerprint density at radius 3 is 2.73 bits per heavy atom. The molecule has 0 fully saturated rings. The van der Waals surface area contributed by atoms with Crippen LogP contribution in [0.4, 0.5) is 10.5 Å². The third-order valence-corrected chi connectivity index (χ3v) is 4.43. The van der Waals surface area contributed by atoms with Crippen LogP contribution in [-0.4, -0.2) is 48.8 Å². The van der Waals surface area contributed by atoms with Crippen molar-refractivity contribution in [1.29, 1.82) is 0 Å². The summed E-state index contributed by atoms with van der Waals surface area (Å²) in [7, 11) is 0. The minimum absolute atomic E-state index is 0.0454. The van der Waals surface area contributed by atoms with Gasteiger partial charge in [-0.2, -0.15) is 0 Å². The minimum Gasteiger partial charge on any atom is -0.456 e. The first-order chi connectivity index (χ1) is 12.4. The Balaban J connectivity index is 1.78. The molecule has 0 unspecified atom stereocenters. The van der Waals surface area contributed by atoms with Crippen molar-refractivity contribution in [2.45, 2.75) is 31.2 Å². The van der Waals surface area contributed by atoms with E-state index in [4.69, 9.17) is 4.74 Å². The van der Waals surface area contributed by atoms with Crippen molar-refractivity contribution in [3.05, 3.63) is 24.3 Å². The van der Waals surface area contributed by atoms with E-state index < -0.39 is 24.5 Å². The summed E-state index contributed by atoms with van der Waals surface area (Å²) in [4.78, 5) is 49.4. The average Bonchev–Trinajstić information content (AvgIpc) is 2.58. The predicted octanol–water partition coefficient (Wildman–Crippen LogP) is 1.29. The molecule has 0 saturated carbocycles. The molecule has 140 valence electrons. The van der Waals surface area contributed by atoms with Crippen molar-refractivity contribution in [3.63, 3.8) is 0 Å². The maximum atomic E-state index is 12.1. The summed E-state index contributed by atoms with van der Waals surface area (Å²) in [6.07, 6.45) is -0.0454. The molecule has 0 spiro atoms. The predicted molar refractivity (Wildman–Crippen MR) is 96.9 cm³/mol. The van der Waals surface area contributed by atoms with Crippen molar-refractivity contribution in [3.8, 4) is 0 Å². The standard InChI is InChI=1S/C17H21N3O5S/c1-11(2)18-17(24)19-14(21)9-25-16(23)7-8-20-12-5-3-4-6-13(12)26-10-15(20)22/h3-6,11H,7-10H2,1-2H3,(H2,18,19,21,24). The van der Waals surface area contributed by atoms with Crippen LogP contribution in [-0.2, 0) is 19.1 Å². The highest BCUT2D eigenvalue weighted by atomic mass is 32.2. The van der Waals surface area contributed by atoms with Crippen LogP contribution in [0.1, 0.15) is 20.3 Å². The fourth-order valence-electron chi connectivity index (χ4n) is 2.28. The minimum atomic E-state index is -0.715. The van der Waals surface area contributed by atoms with Gasteiger partial charge in [-0.05, 0) is 26.0 Å². The SMILES string of the molecule is CC(C)NC(=O)NC(=O)COC(=O)CCN1C(=O)CSc2ccccc21. The molecule has 2 N–H and O–H groups in total. The zero-order valence-corrected chi connectivity index (χ0v) is 15.4. The number of urea groups is 1. The van der Waals surface area contributed by atoms with Crippen molar-refractivity contribution < 1.29 is 23.9 Å². The van der Waals surface area contributed by atoms with Gasteiger partial charge in [-0.1, -0.05) is 12.1 Å². The van der Waals surface area contributed by atoms with Crippen LogP contribution in [0.5, 0.6) is 0 Å². The quantitative estimate of drug-likeness (QED) is 0.722. The molecular formula is C17H21N3O5S. The van der Waals surface area contributed by atoms with Gasteiger partial charge in [-0.15, -0.1) is 11.8 Å². The van der Waals surface area contributed by atoms with Gasteiger partial charge in [0, 0.05) is 17.5 Å². The summed E-state index contributed by atoms with van der Waals surface area (Å²) in [5.41, 5.74) is 0.768. The normalized spacial score (nSPS) is 13.2. The number of hydrogen-bond donors (Lipinski definition) is 2. The van der Waals surface area contributed by atoms with Crippen LogP contribution in [0, 0.1) is 0 Å². The Kier molecular flexibility index (Phi) is 7.02. The maximum Gasteiger partial charge on any atom is 0.321 e. The lowest BCUT2D eigenvalue weighted by atomic mass is 10.2. The number of para-hydroxylation sites is 1. The second kappa shape index (κ2) is 9.23. The Morgan fingerprint density at radius 1 is 1.27 bits per heavy atom. The van der Waals surface area contributed by atoms with Crippen LogP contribution < -0.4 is 15.5 Å². The van der Waals surface area contributed by atoms with E-state index in [2.05, 4.69) is 10.6 Å². The topological polar surface area (TPSA) is 105 Å². The van der Waals surface area contributed by atoms with E-state index in [-0.39, 0.29) is 24.9 Å². The van der Waals surface area contributed by atoms with E-state index in [1.165, 1.54) is 11.8 Å². The average molecular weight is 379 g/mol. The molecule has 0 atom stereocenters. The van der Waals surface area contributed by atoms with Gasteiger partial charge < -0.3 is 15.0 Å². The van der Waals surface area contributed by atoms with Gasteiger partial charge in [-0.25, -0.2) is 4.79 Å². The number of amides is 4. The molecule has 1 aliphatic heterocycles. The van der Waals surface area contributed by atoms with Gasteiger partial charge >= 0.3 is 12.0 Å². The fraction of sp³-hybridized carbons (Fsp3) is 0.412. The van der Waals surface area contributed by atoms with Crippen molar-refractivity contribution >= 4 is 41.3 Å². The molecule has 0 aromatic heterocycles. The highest BCUT2D eigenvalue weighted by Gasteiger charge is 2.25. The molecule has 1 heterocycles. The number of esters is 1. The summed E-state index contributed by atoms with van der Waals surface area (Å²) < 4.78 is 4.85. The van der Waals surface area contributed by atoms with E-state index in [0.29, 0.717) is 5.75 Å². The number of thioether (sulfide) groups is 1. The first-order valence-corrected chi connectivity index (χ1v) is 9.13. The number of ether oxygens (including phenoxy) is 1. The number of fused-ring (bicyclic) bond motifs is 1. The van der Waals surface area contributed by atoms with E-state index in [0.717, 1.165) is 10.6 Å². The number of rotatable bonds is 6. The van der Waals surface area contributed by atoms with Gasteiger partial charge in [0.2, 0.25) is 5.91 Å². The molecule has 1 aromatic carbocycles. The fourth-order valence-corrected chi connectivity index (χ4v) is 3.22. The smallest absolute Gasteiger partial charge is 0.321 e. The molecule has 0 saturated heterocycles. The van der Waals surface area contributed by atoms with Crippen LogP contribution in [0.2, 0.25) is 0 Å². The molecule has 1 aromatic rings. The molecule has 0 radical (unpaired) electrons. The lowest BCUT2D eigenvalue weighted by molar-refractivity contribution is -0.148. The van der Waals surface area contributed by atoms with Gasteiger partial charge in [0.1, 0.15) is 0 Å². The summed E-state index contributed by atoms with van der Waals surface area (Å²) in [5, 5.41) is 4.54. The largest absolute Gasteiger partial charge is 0.456 e. The van der Waals surface area contributed by atoms with Crippen molar-refractivity contribution in [1.82, 2.24) is 10.6 Å². The second-order valence-electron chi connectivity index (χ2n) is 5.89. The van der Waals surface area contributed by atoms with Crippen LogP contribution in [0.3, 0.4) is 0 Å². The number of nitrogens with zero attached hydrogens (tertiary/aromatic N) is 1. The second-order valence-corrected chi connectivity index (χ2v) is 6.91. The molecular weight excluding hydrogens is 358 g/mol. The monoisotopic (exact) mass is 379 g/mol. The number of benzene rings is 1. The molecule has 0 aliphatic carbocycles. The molecule has 2 rings (SSSR count). The summed E-state index contributed by atoms with van der Waals surface area (Å²) in [6, 6.07) is 6.70. The van der Waals surface area contributed by atoms with E-state index in [9.17, 15) is 19.2 Å². The number of carbonyl (C=O) groups excluding carboxylic acids is 4. The molecule has 1 aliphatic rings. The summed E-state index contributed by atoms with van der Waals surface area (Å²) in [6.45, 7) is 3.13. The number of carbonyl (C=O) groups is 4. The Bertz CT molecular complexity index is 707. The van der Waals surface area contributed by atoms with Crippen LogP contribution >= 0.6 is 11.8 Å². The molecule has 26 heavy (non-hydrogen) atoms. The molecule has 8 nitrogen and oxygen atoms in total. The summed E-state index contributed by atoms with van der Waals surface area (Å²) >= 11 is 1.46. The Hall–Kier alpha value is -2.55. The number of anilines is 1. The van der Waals surface area contributed by atoms with E-state index in [1.807, 2.05) is 24.3 Å². The van der Waals surface area contributed by atoms with Gasteiger partial charge in [0.05, 0.1) is 17.9 Å². The van der Waals surface area contributed by atoms with Gasteiger partial charge in [0.25, 0.3) is 5.91 Å². The number of imide groups is 1. The third kappa shape index (κ3) is 5.76. The maximum absolute atomic E-state index is 12.1. The molecule has 9 heteroatoms. The first-order valence-electron chi connectivity index (χ1n) is 8.15. The van der Waals surface area contributed by atoms with E-state index in [1.54, 1.807) is 18.7 Å². The van der Waals surface area contributed by atoms with Crippen molar-refractivity contribution in [2.24, 2.45) is 0 Å². The molecule has 4 amide bonds. The Morgan fingerprint density at radius 2 is 2.00 bits per heavy atom. The third-order valence-electron chi connectivity index (χ3n) is 3.38. The van der Waals surface area contributed by atoms with Gasteiger partial charge in [-0.3, -0.25) is 19.7 Å². The van der Waals surface area contributed by atoms with Crippen LogP contribution in [0.15, 0.2) is 29.2 Å². The number of nitrogens with one attached hydrogen (secondary N) is 2. The zero-order chi connectivity index (χ0) is 19.1. The highest BCUT2D eigenvalue weighted by Crippen LogP contribution is 2.34. The Labute approximate surface area is 155 Å². The zero-order valence-electron chi connectivity index (χ0n) is 14.6. The highest BCUT2D eigenvalue weighted by molar-refractivity contribution is 8.00. The van der Waals surface area contributed by atoms with Gasteiger partial charge in [0.15, 0.2) is 6.61 Å². The molecule has 0 bridgehead atoms. The number of hydrogen-bond acceptors (Lipinski definition) is 6. The van der Waals surface area contributed by atoms with Crippen LogP contribution in [0.25, 0.3) is 0 Å². The lowest BCUT2D eigenvalue weighted by Crippen LogP contribution is -2.44. The lowest BCUT2D eigenvalue weighted by Gasteiger charge is -2.28. The van der Waals surface area contributed by atoms with Crippen molar-refractivity contribution in [2.75, 3.05) is 23.8 Å². The summed E-state index contributed by atoms with van der Waals surface area (Å²) in [5.74, 6) is -1.09. The first kappa shape index (κ1) is 19.8.